The van der Waals surface area contributed by atoms with E-state index in [2.05, 4.69) is 46.5 Å². The average molecular weight is 841 g/mol. The van der Waals surface area contributed by atoms with E-state index >= 15 is 0 Å². The highest BCUT2D eigenvalue weighted by atomic mass is 32.1. The minimum atomic E-state index is -0.600. The zero-order valence-corrected chi connectivity index (χ0v) is 36.3. The molecule has 2 N–H and O–H groups in total. The molecule has 312 valence electrons. The lowest BCUT2D eigenvalue weighted by Crippen LogP contribution is -2.59. The van der Waals surface area contributed by atoms with Crippen LogP contribution in [0.4, 0.5) is 0 Å². The van der Waals surface area contributed by atoms with Gasteiger partial charge in [0.2, 0.25) is 0 Å². The summed E-state index contributed by atoms with van der Waals surface area (Å²) in [5, 5.41) is 4.17. The average Bonchev–Trinajstić information content (AvgIpc) is 3.95. The summed E-state index contributed by atoms with van der Waals surface area (Å²) in [6.07, 6.45) is 1.76. The van der Waals surface area contributed by atoms with E-state index in [0.29, 0.717) is 11.1 Å². The highest BCUT2D eigenvalue weighted by molar-refractivity contribution is 7.10. The summed E-state index contributed by atoms with van der Waals surface area (Å²) in [6.45, 7) is 9.62. The molecule has 0 fully saturated rings. The van der Waals surface area contributed by atoms with Crippen LogP contribution in [-0.4, -0.2) is 80.7 Å². The van der Waals surface area contributed by atoms with Gasteiger partial charge in [-0.25, -0.2) is 9.59 Å². The Morgan fingerprint density at radius 1 is 0.576 bits per heavy atom. The van der Waals surface area contributed by atoms with Gasteiger partial charge in [-0.2, -0.15) is 0 Å². The van der Waals surface area contributed by atoms with Gasteiger partial charge >= 0.3 is 23.9 Å². The topological polar surface area (TPSA) is 143 Å². The smallest absolute Gasteiger partial charge is 0.336 e. The van der Waals surface area contributed by atoms with Crippen LogP contribution in [0.1, 0.15) is 71.5 Å². The first-order valence-electron chi connectivity index (χ1n) is 19.4. The van der Waals surface area contributed by atoms with E-state index < -0.39 is 46.7 Å². The molecule has 0 amide bonds. The fraction of sp³-hybridized carbons (Fsp3) is 0.391. The van der Waals surface area contributed by atoms with Crippen LogP contribution in [-0.2, 0) is 62.0 Å². The molecule has 2 aromatic heterocycles. The molecule has 2 aromatic carbocycles. The Morgan fingerprint density at radius 2 is 0.932 bits per heavy atom. The third kappa shape index (κ3) is 6.86. The molecule has 11 nitrogen and oxygen atoms in total. The monoisotopic (exact) mass is 840 g/mol. The summed E-state index contributed by atoms with van der Waals surface area (Å²) in [5.74, 6) is -3.50. The molecule has 0 bridgehead atoms. The van der Waals surface area contributed by atoms with Gasteiger partial charge < -0.3 is 34.2 Å². The number of carbonyl (C=O) groups is 4. The molecule has 0 saturated heterocycles. The molecule has 4 aliphatic rings. The second kappa shape index (κ2) is 17.2. The molecule has 4 aromatic rings. The van der Waals surface area contributed by atoms with Crippen LogP contribution >= 0.6 is 22.7 Å². The van der Waals surface area contributed by atoms with Gasteiger partial charge in [0.25, 0.3) is 0 Å². The Hall–Kier alpha value is -5.24. The lowest BCUT2D eigenvalue weighted by atomic mass is 9.64. The number of esters is 4. The van der Waals surface area contributed by atoms with Gasteiger partial charge in [-0.1, -0.05) is 60.7 Å². The minimum absolute atomic E-state index is 0. The molecule has 6 atom stereocenters. The van der Waals surface area contributed by atoms with E-state index in [4.69, 9.17) is 18.9 Å². The number of ether oxygens (including phenoxy) is 4. The second-order valence-electron chi connectivity index (χ2n) is 15.4. The van der Waals surface area contributed by atoms with Gasteiger partial charge in [0.05, 0.1) is 62.5 Å². The maximum absolute atomic E-state index is 13.3. The van der Waals surface area contributed by atoms with Crippen molar-refractivity contribution in [1.82, 2.24) is 9.80 Å². The normalized spacial score (nSPS) is 25.4. The van der Waals surface area contributed by atoms with E-state index in [-0.39, 0.29) is 17.4 Å². The minimum Gasteiger partial charge on any atom is -0.469 e. The molecule has 6 unspecified atom stereocenters. The summed E-state index contributed by atoms with van der Waals surface area (Å²) >= 11 is 3.34. The van der Waals surface area contributed by atoms with Crippen molar-refractivity contribution in [3.05, 3.63) is 138 Å². The predicted octanol–water partition coefficient (Wildman–Crippen LogP) is 6.89. The summed E-state index contributed by atoms with van der Waals surface area (Å²) in [6, 6.07) is 23.7. The molecule has 0 spiro atoms. The Bertz CT molecular complexity index is 2120. The predicted molar refractivity (Wildman–Crippen MR) is 227 cm³/mol. The molecule has 0 aliphatic carbocycles. The van der Waals surface area contributed by atoms with Gasteiger partial charge in [0.1, 0.15) is 0 Å². The molecule has 59 heavy (non-hydrogen) atoms. The van der Waals surface area contributed by atoms with E-state index in [1.165, 1.54) is 49.3 Å². The highest BCUT2D eigenvalue weighted by Gasteiger charge is 2.60. The van der Waals surface area contributed by atoms with Crippen LogP contribution < -0.4 is 0 Å². The van der Waals surface area contributed by atoms with Crippen molar-refractivity contribution < 1.29 is 43.6 Å². The summed E-state index contributed by atoms with van der Waals surface area (Å²) in [4.78, 5) is 59.2. The number of carbonyl (C=O) groups excluding carboxylic acids is 4. The number of nitrogens with zero attached hydrogens (tertiary/aromatic N) is 2. The van der Waals surface area contributed by atoms with Crippen molar-refractivity contribution in [1.29, 1.82) is 0 Å². The fourth-order valence-electron chi connectivity index (χ4n) is 10.3. The van der Waals surface area contributed by atoms with Crippen LogP contribution in [0.25, 0.3) is 0 Å². The van der Waals surface area contributed by atoms with Crippen molar-refractivity contribution in [2.24, 2.45) is 11.8 Å². The van der Waals surface area contributed by atoms with Crippen LogP contribution in [0.5, 0.6) is 0 Å². The molecule has 0 saturated carbocycles. The van der Waals surface area contributed by atoms with Crippen molar-refractivity contribution in [3.63, 3.8) is 0 Å². The number of thiophene rings is 2. The Kier molecular flexibility index (Phi) is 12.6. The van der Waals surface area contributed by atoms with E-state index in [1.54, 1.807) is 22.7 Å². The van der Waals surface area contributed by atoms with Crippen molar-refractivity contribution in [2.75, 3.05) is 41.5 Å². The zero-order chi connectivity index (χ0) is 41.5. The molecule has 0 radical (unpaired) electrons. The number of benzene rings is 2. The summed E-state index contributed by atoms with van der Waals surface area (Å²) < 4.78 is 21.0. The number of hydrogen-bond acceptors (Lipinski definition) is 12. The van der Waals surface area contributed by atoms with Crippen LogP contribution in [0, 0.1) is 11.8 Å². The molecule has 13 heteroatoms. The standard InChI is InChI=1S/2C23H25NO4S.H2O/c2*1-14-17(21(25)27-3)18(15-8-6-5-7-9-15)19(22(26)28-4)23(2)20-16(11-13-29-20)10-12-24(14)23;/h2*5-9,11,13,18-19H,10,12H2,1-4H3;1H2. The number of methoxy groups -OCH3 is 4. The maximum atomic E-state index is 13.3. The van der Waals surface area contributed by atoms with Gasteiger partial charge in [-0.05, 0) is 85.7 Å². The Morgan fingerprint density at radius 3 is 1.25 bits per heavy atom. The summed E-state index contributed by atoms with van der Waals surface area (Å²) in [7, 11) is 5.61. The second-order valence-corrected chi connectivity index (χ2v) is 17.2. The van der Waals surface area contributed by atoms with Gasteiger partial charge in [-0.15, -0.1) is 22.7 Å². The van der Waals surface area contributed by atoms with E-state index in [0.717, 1.165) is 48.5 Å². The number of hydrogen-bond donors (Lipinski definition) is 0. The molecular formula is C46H52N2O9S2. The first kappa shape index (κ1) is 43.3. The van der Waals surface area contributed by atoms with Gasteiger partial charge in [-0.3, -0.25) is 9.59 Å². The van der Waals surface area contributed by atoms with Crippen molar-refractivity contribution >= 4 is 46.6 Å². The SMILES string of the molecule is COC(=O)C1=C(C)N2CCc3ccsc3C2(C)C(C(=O)OC)C1c1ccccc1.COC(=O)C1=C(C)N2CCc3ccsc3C2(C)C(C(=O)OC)C1c1ccccc1.O. The highest BCUT2D eigenvalue weighted by Crippen LogP contribution is 2.58. The van der Waals surface area contributed by atoms with Gasteiger partial charge in [0, 0.05) is 46.1 Å². The zero-order valence-electron chi connectivity index (χ0n) is 34.7. The van der Waals surface area contributed by atoms with E-state index in [9.17, 15) is 19.2 Å². The lowest BCUT2D eigenvalue weighted by molar-refractivity contribution is -0.155. The number of fused-ring (bicyclic) bond motifs is 6. The van der Waals surface area contributed by atoms with E-state index in [1.807, 2.05) is 74.5 Å². The van der Waals surface area contributed by atoms with Crippen molar-refractivity contribution in [2.45, 2.75) is 63.5 Å². The third-order valence-corrected chi connectivity index (χ3v) is 15.2. The third-order valence-electron chi connectivity index (χ3n) is 12.9. The largest absolute Gasteiger partial charge is 0.469 e. The van der Waals surface area contributed by atoms with Crippen LogP contribution in [0.2, 0.25) is 0 Å². The first-order chi connectivity index (χ1) is 27.9. The summed E-state index contributed by atoms with van der Waals surface area (Å²) in [5.41, 5.74) is 5.96. The van der Waals surface area contributed by atoms with Crippen molar-refractivity contribution in [3.8, 4) is 0 Å². The van der Waals surface area contributed by atoms with Crippen LogP contribution in [0.3, 0.4) is 0 Å². The first-order valence-corrected chi connectivity index (χ1v) is 21.2. The molecule has 6 heterocycles. The Balaban J connectivity index is 0.000000195. The molecule has 8 rings (SSSR count). The maximum Gasteiger partial charge on any atom is 0.336 e. The van der Waals surface area contributed by atoms with Crippen LogP contribution in [0.15, 0.2) is 106 Å². The number of allylic oxidation sites excluding steroid dienone is 2. The quantitative estimate of drug-likeness (QED) is 0.149. The molecule has 4 aliphatic heterocycles. The fourth-order valence-corrected chi connectivity index (χ4v) is 12.6. The Labute approximate surface area is 353 Å². The number of rotatable bonds is 6. The van der Waals surface area contributed by atoms with Gasteiger partial charge in [0.15, 0.2) is 0 Å². The lowest BCUT2D eigenvalue weighted by Gasteiger charge is -2.55. The molecular weight excluding hydrogens is 789 g/mol.